The number of nitrogens with one attached hydrogen (secondary N) is 1. The van der Waals surface area contributed by atoms with Crippen molar-refractivity contribution in [1.29, 1.82) is 0 Å². The molecule has 2 amide bonds. The first kappa shape index (κ1) is 20.4. The predicted octanol–water partition coefficient (Wildman–Crippen LogP) is 2.35. The van der Waals surface area contributed by atoms with Gasteiger partial charge in [0.25, 0.3) is 0 Å². The number of aliphatic carboxylic acids is 1. The van der Waals surface area contributed by atoms with E-state index in [1.54, 1.807) is 0 Å². The summed E-state index contributed by atoms with van der Waals surface area (Å²) in [5, 5.41) is 11.1. The molecule has 0 bridgehead atoms. The van der Waals surface area contributed by atoms with E-state index in [9.17, 15) is 14.4 Å². The molecule has 0 unspecified atom stereocenters. The third kappa shape index (κ3) is 12.2. The molecule has 0 spiro atoms. The number of primary amides is 1. The molecule has 0 fully saturated rings. The Hall–Kier alpha value is -1.59. The van der Waals surface area contributed by atoms with Gasteiger partial charge in [-0.3, -0.25) is 14.4 Å². The third-order valence-corrected chi connectivity index (χ3v) is 3.58. The molecule has 0 saturated heterocycles. The van der Waals surface area contributed by atoms with Crippen LogP contribution in [0, 0.1) is 0 Å². The van der Waals surface area contributed by atoms with Gasteiger partial charge in [-0.2, -0.15) is 0 Å². The van der Waals surface area contributed by atoms with Crippen LogP contribution in [0.5, 0.6) is 0 Å². The lowest BCUT2D eigenvalue weighted by Crippen LogP contribution is -2.44. The Labute approximate surface area is 132 Å². The van der Waals surface area contributed by atoms with E-state index < -0.39 is 17.9 Å². The van der Waals surface area contributed by atoms with Gasteiger partial charge in [-0.05, 0) is 12.8 Å². The Balaban J connectivity index is 3.72. The highest BCUT2D eigenvalue weighted by Gasteiger charge is 2.18. The molecule has 0 rings (SSSR count). The highest BCUT2D eigenvalue weighted by molar-refractivity contribution is 5.86. The van der Waals surface area contributed by atoms with E-state index in [1.165, 1.54) is 32.1 Å². The quantitative estimate of drug-likeness (QED) is 0.427. The van der Waals surface area contributed by atoms with Crippen LogP contribution in [0.4, 0.5) is 0 Å². The van der Waals surface area contributed by atoms with Crippen LogP contribution in [0.1, 0.15) is 77.6 Å². The molecular weight excluding hydrogens is 284 g/mol. The standard InChI is InChI=1S/C16H30N2O4/c1-2-3-4-5-6-7-8-9-10-14(19)18-13(16(17)22)11-12-15(20)21/h13H,2-12H2,1H3,(H2,17,22)(H,18,19)(H,20,21)/t13-/m0/s1. The zero-order valence-corrected chi connectivity index (χ0v) is 13.6. The Kier molecular flexibility index (Phi) is 12.2. The first-order chi connectivity index (χ1) is 10.5. The molecule has 0 aromatic heterocycles. The molecule has 0 radical (unpaired) electrons. The van der Waals surface area contributed by atoms with Crippen LogP contribution < -0.4 is 11.1 Å². The number of amides is 2. The summed E-state index contributed by atoms with van der Waals surface area (Å²) < 4.78 is 0. The second kappa shape index (κ2) is 13.1. The topological polar surface area (TPSA) is 109 Å². The minimum Gasteiger partial charge on any atom is -0.481 e. The first-order valence-electron chi connectivity index (χ1n) is 8.27. The molecule has 128 valence electrons. The van der Waals surface area contributed by atoms with Crippen LogP contribution in [-0.4, -0.2) is 28.9 Å². The van der Waals surface area contributed by atoms with Gasteiger partial charge in [0, 0.05) is 12.8 Å². The lowest BCUT2D eigenvalue weighted by molar-refractivity contribution is -0.137. The average molecular weight is 314 g/mol. The number of nitrogens with two attached hydrogens (primary N) is 1. The van der Waals surface area contributed by atoms with Crippen molar-refractivity contribution in [2.75, 3.05) is 0 Å². The molecule has 0 heterocycles. The molecular formula is C16H30N2O4. The summed E-state index contributed by atoms with van der Waals surface area (Å²) in [5.74, 6) is -1.94. The van der Waals surface area contributed by atoms with Crippen molar-refractivity contribution in [1.82, 2.24) is 5.32 Å². The fourth-order valence-corrected chi connectivity index (χ4v) is 2.24. The van der Waals surface area contributed by atoms with Gasteiger partial charge in [0.15, 0.2) is 0 Å². The summed E-state index contributed by atoms with van der Waals surface area (Å²) in [6.45, 7) is 2.19. The summed E-state index contributed by atoms with van der Waals surface area (Å²) >= 11 is 0. The van der Waals surface area contributed by atoms with Crippen LogP contribution in [0.3, 0.4) is 0 Å². The monoisotopic (exact) mass is 314 g/mol. The van der Waals surface area contributed by atoms with Gasteiger partial charge in [-0.1, -0.05) is 51.9 Å². The second-order valence-corrected chi connectivity index (χ2v) is 5.68. The van der Waals surface area contributed by atoms with Gasteiger partial charge >= 0.3 is 5.97 Å². The first-order valence-corrected chi connectivity index (χ1v) is 8.27. The van der Waals surface area contributed by atoms with E-state index >= 15 is 0 Å². The van der Waals surface area contributed by atoms with Crippen LogP contribution >= 0.6 is 0 Å². The SMILES string of the molecule is CCCCCCCCCCC(=O)N[C@@H](CCC(=O)O)C(N)=O. The summed E-state index contributed by atoms with van der Waals surface area (Å²) in [4.78, 5) is 33.4. The number of unbranched alkanes of at least 4 members (excludes halogenated alkanes) is 7. The maximum absolute atomic E-state index is 11.7. The van der Waals surface area contributed by atoms with Crippen molar-refractivity contribution >= 4 is 17.8 Å². The molecule has 6 nitrogen and oxygen atoms in total. The Morgan fingerprint density at radius 2 is 1.50 bits per heavy atom. The average Bonchev–Trinajstić information content (AvgIpc) is 2.45. The van der Waals surface area contributed by atoms with Gasteiger partial charge in [-0.15, -0.1) is 0 Å². The van der Waals surface area contributed by atoms with Gasteiger partial charge in [0.1, 0.15) is 6.04 Å². The number of rotatable bonds is 14. The molecule has 0 aromatic rings. The normalized spacial score (nSPS) is 11.9. The highest BCUT2D eigenvalue weighted by atomic mass is 16.4. The zero-order valence-electron chi connectivity index (χ0n) is 13.6. The van der Waals surface area contributed by atoms with Crippen molar-refractivity contribution in [2.45, 2.75) is 83.6 Å². The number of hydrogen-bond donors (Lipinski definition) is 3. The van der Waals surface area contributed by atoms with Crippen molar-refractivity contribution in [3.05, 3.63) is 0 Å². The van der Waals surface area contributed by atoms with Crippen molar-refractivity contribution < 1.29 is 19.5 Å². The van der Waals surface area contributed by atoms with Gasteiger partial charge in [0.2, 0.25) is 11.8 Å². The maximum Gasteiger partial charge on any atom is 0.303 e. The van der Waals surface area contributed by atoms with E-state index in [4.69, 9.17) is 10.8 Å². The molecule has 22 heavy (non-hydrogen) atoms. The lowest BCUT2D eigenvalue weighted by atomic mass is 10.1. The zero-order chi connectivity index (χ0) is 16.8. The van der Waals surface area contributed by atoms with E-state index in [1.807, 2.05) is 0 Å². The summed E-state index contributed by atoms with van der Waals surface area (Å²) in [6.07, 6.45) is 9.35. The highest BCUT2D eigenvalue weighted by Crippen LogP contribution is 2.09. The molecule has 0 saturated carbocycles. The number of carbonyl (C=O) groups excluding carboxylic acids is 2. The Bertz CT molecular complexity index is 345. The Morgan fingerprint density at radius 1 is 0.955 bits per heavy atom. The number of hydrogen-bond acceptors (Lipinski definition) is 3. The van der Waals surface area contributed by atoms with Crippen molar-refractivity contribution in [2.24, 2.45) is 5.73 Å². The summed E-state index contributed by atoms with van der Waals surface area (Å²) in [6, 6.07) is -0.891. The lowest BCUT2D eigenvalue weighted by Gasteiger charge is -2.14. The molecule has 4 N–H and O–H groups in total. The van der Waals surface area contributed by atoms with Gasteiger partial charge in [-0.25, -0.2) is 0 Å². The summed E-state index contributed by atoms with van der Waals surface area (Å²) in [5.41, 5.74) is 5.16. The number of carbonyl (C=O) groups is 3. The van der Waals surface area contributed by atoms with Gasteiger partial charge in [0.05, 0.1) is 0 Å². The van der Waals surface area contributed by atoms with Crippen molar-refractivity contribution in [3.8, 4) is 0 Å². The molecule has 0 aliphatic heterocycles. The number of carboxylic acids is 1. The smallest absolute Gasteiger partial charge is 0.303 e. The van der Waals surface area contributed by atoms with Crippen molar-refractivity contribution in [3.63, 3.8) is 0 Å². The Morgan fingerprint density at radius 3 is 2.00 bits per heavy atom. The predicted molar refractivity (Wildman–Crippen MR) is 85.2 cm³/mol. The van der Waals surface area contributed by atoms with E-state index in [-0.39, 0.29) is 18.7 Å². The second-order valence-electron chi connectivity index (χ2n) is 5.68. The van der Waals surface area contributed by atoms with Crippen LogP contribution in [0.2, 0.25) is 0 Å². The van der Waals surface area contributed by atoms with E-state index in [2.05, 4.69) is 12.2 Å². The molecule has 6 heteroatoms. The maximum atomic E-state index is 11.7. The minimum atomic E-state index is -1.01. The summed E-state index contributed by atoms with van der Waals surface area (Å²) in [7, 11) is 0. The molecule has 0 aromatic carbocycles. The van der Waals surface area contributed by atoms with Crippen LogP contribution in [0.25, 0.3) is 0 Å². The van der Waals surface area contributed by atoms with Crippen LogP contribution in [-0.2, 0) is 14.4 Å². The third-order valence-electron chi connectivity index (χ3n) is 3.58. The van der Waals surface area contributed by atoms with Gasteiger partial charge < -0.3 is 16.2 Å². The molecule has 0 aliphatic rings. The number of carboxylic acid groups (broad SMARTS) is 1. The van der Waals surface area contributed by atoms with Crippen LogP contribution in [0.15, 0.2) is 0 Å². The minimum absolute atomic E-state index is 0.0356. The largest absolute Gasteiger partial charge is 0.481 e. The van der Waals surface area contributed by atoms with E-state index in [0.717, 1.165) is 19.3 Å². The fourth-order valence-electron chi connectivity index (χ4n) is 2.24. The molecule has 0 aliphatic carbocycles. The molecule has 1 atom stereocenters. The fraction of sp³-hybridized carbons (Fsp3) is 0.812. The van der Waals surface area contributed by atoms with E-state index in [0.29, 0.717) is 6.42 Å².